The van der Waals surface area contributed by atoms with Gasteiger partial charge in [-0.2, -0.15) is 13.2 Å². The van der Waals surface area contributed by atoms with Crippen LogP contribution in [-0.4, -0.2) is 60.6 Å². The zero-order chi connectivity index (χ0) is 22.1. The molecule has 10 heteroatoms. The van der Waals surface area contributed by atoms with Gasteiger partial charge in [-0.1, -0.05) is 13.8 Å². The summed E-state index contributed by atoms with van der Waals surface area (Å²) in [5, 5.41) is 6.45. The third-order valence-electron chi connectivity index (χ3n) is 4.66. The Hall–Kier alpha value is -2.52. The Balaban J connectivity index is 1.85. The molecule has 1 aromatic rings. The number of alkyl halides is 3. The van der Waals surface area contributed by atoms with E-state index in [0.717, 1.165) is 18.9 Å². The maximum atomic E-state index is 13.0. The van der Waals surface area contributed by atoms with E-state index < -0.39 is 17.6 Å². The first kappa shape index (κ1) is 23.8. The molecule has 0 atom stereocenters. The van der Waals surface area contributed by atoms with E-state index in [1.165, 1.54) is 12.3 Å². The fourth-order valence-electron chi connectivity index (χ4n) is 3.14. The number of guanidine groups is 1. The zero-order valence-electron chi connectivity index (χ0n) is 17.6. The van der Waals surface area contributed by atoms with Crippen molar-refractivity contribution in [3.63, 3.8) is 0 Å². The Morgan fingerprint density at radius 3 is 2.67 bits per heavy atom. The van der Waals surface area contributed by atoms with Crippen LogP contribution in [0, 0.1) is 5.92 Å². The minimum atomic E-state index is -4.52. The molecule has 1 amide bonds. The number of ether oxygens (including phenoxy) is 1. The van der Waals surface area contributed by atoms with Crippen molar-refractivity contribution < 1.29 is 22.7 Å². The van der Waals surface area contributed by atoms with Gasteiger partial charge in [0, 0.05) is 37.8 Å². The number of carbonyl (C=O) groups is 1. The van der Waals surface area contributed by atoms with Gasteiger partial charge in [-0.3, -0.25) is 4.79 Å². The number of piperidine rings is 1. The zero-order valence-corrected chi connectivity index (χ0v) is 17.6. The molecule has 0 unspecified atom stereocenters. The first-order chi connectivity index (χ1) is 14.2. The summed E-state index contributed by atoms with van der Waals surface area (Å²) in [5.41, 5.74) is -0.901. The molecule has 1 saturated heterocycles. The lowest BCUT2D eigenvalue weighted by atomic mass is 10.0. The summed E-state index contributed by atoms with van der Waals surface area (Å²) in [6.45, 7) is 7.90. The van der Waals surface area contributed by atoms with Gasteiger partial charge in [-0.05, 0) is 31.9 Å². The van der Waals surface area contributed by atoms with Crippen LogP contribution >= 0.6 is 0 Å². The lowest BCUT2D eigenvalue weighted by Gasteiger charge is -2.34. The SMILES string of the molecule is CCNC(=NCCOc1ncccc1C(F)(F)F)NC1CCN(C(=O)C(C)C)CC1. The van der Waals surface area contributed by atoms with Crippen molar-refractivity contribution in [3.8, 4) is 5.88 Å². The number of halogens is 3. The van der Waals surface area contributed by atoms with E-state index in [0.29, 0.717) is 25.6 Å². The molecule has 1 aliphatic heterocycles. The van der Waals surface area contributed by atoms with E-state index in [9.17, 15) is 18.0 Å². The van der Waals surface area contributed by atoms with Crippen LogP contribution in [0.5, 0.6) is 5.88 Å². The van der Waals surface area contributed by atoms with Gasteiger partial charge in [0.1, 0.15) is 12.2 Å². The minimum absolute atomic E-state index is 0.00893. The Kier molecular flexibility index (Phi) is 8.73. The number of aromatic nitrogens is 1. The van der Waals surface area contributed by atoms with Crippen LogP contribution in [0.2, 0.25) is 0 Å². The fourth-order valence-corrected chi connectivity index (χ4v) is 3.14. The number of rotatable bonds is 7. The lowest BCUT2D eigenvalue weighted by molar-refractivity contribution is -0.139. The molecule has 1 aliphatic rings. The molecule has 0 radical (unpaired) electrons. The summed E-state index contributed by atoms with van der Waals surface area (Å²) in [4.78, 5) is 22.0. The summed E-state index contributed by atoms with van der Waals surface area (Å²) >= 11 is 0. The van der Waals surface area contributed by atoms with Crippen LogP contribution in [0.4, 0.5) is 13.2 Å². The number of nitrogens with one attached hydrogen (secondary N) is 2. The summed E-state index contributed by atoms with van der Waals surface area (Å²) in [6.07, 6.45) is -1.64. The van der Waals surface area contributed by atoms with Crippen LogP contribution in [0.3, 0.4) is 0 Å². The molecule has 0 bridgehead atoms. The number of pyridine rings is 1. The summed E-state index contributed by atoms with van der Waals surface area (Å²) in [5.74, 6) is 0.288. The molecule has 30 heavy (non-hydrogen) atoms. The summed E-state index contributed by atoms with van der Waals surface area (Å²) < 4.78 is 44.1. The van der Waals surface area contributed by atoms with Crippen LogP contribution < -0.4 is 15.4 Å². The summed E-state index contributed by atoms with van der Waals surface area (Å²) in [6, 6.07) is 2.34. The second-order valence-corrected chi connectivity index (χ2v) is 7.36. The van der Waals surface area contributed by atoms with Gasteiger partial charge >= 0.3 is 6.18 Å². The Labute approximate surface area is 175 Å². The minimum Gasteiger partial charge on any atom is -0.475 e. The number of aliphatic imine (C=N–C) groups is 1. The number of hydrogen-bond donors (Lipinski definition) is 2. The van der Waals surface area contributed by atoms with Gasteiger partial charge in [0.15, 0.2) is 5.96 Å². The highest BCUT2D eigenvalue weighted by Gasteiger charge is 2.35. The van der Waals surface area contributed by atoms with E-state index >= 15 is 0 Å². The number of likely N-dealkylation sites (tertiary alicyclic amines) is 1. The normalized spacial score (nSPS) is 16.0. The molecule has 2 N–H and O–H groups in total. The highest BCUT2D eigenvalue weighted by Crippen LogP contribution is 2.34. The van der Waals surface area contributed by atoms with Gasteiger partial charge in [-0.25, -0.2) is 9.98 Å². The third kappa shape index (κ3) is 7.07. The standard InChI is InChI=1S/C20H30F3N5O2/c1-4-24-19(27-15-7-11-28(12-8-15)18(29)14(2)3)26-10-13-30-17-16(20(21,22)23)6-5-9-25-17/h5-6,9,14-15H,4,7-8,10-13H2,1-3H3,(H2,24,26,27). The molecule has 0 aliphatic carbocycles. The van der Waals surface area contributed by atoms with Crippen molar-refractivity contribution in [2.75, 3.05) is 32.8 Å². The number of carbonyl (C=O) groups excluding carboxylic acids is 1. The Bertz CT molecular complexity index is 717. The lowest BCUT2D eigenvalue weighted by Crippen LogP contribution is -2.50. The maximum Gasteiger partial charge on any atom is 0.421 e. The van der Waals surface area contributed by atoms with Crippen molar-refractivity contribution in [3.05, 3.63) is 23.9 Å². The molecule has 0 aromatic carbocycles. The molecule has 168 valence electrons. The smallest absolute Gasteiger partial charge is 0.421 e. The van der Waals surface area contributed by atoms with E-state index in [-0.39, 0.29) is 31.0 Å². The number of amides is 1. The molecule has 0 spiro atoms. The average molecular weight is 429 g/mol. The van der Waals surface area contributed by atoms with Gasteiger partial charge in [-0.15, -0.1) is 0 Å². The van der Waals surface area contributed by atoms with Crippen LogP contribution in [0.15, 0.2) is 23.3 Å². The number of nitrogens with zero attached hydrogens (tertiary/aromatic N) is 3. The van der Waals surface area contributed by atoms with Crippen LogP contribution in [0.25, 0.3) is 0 Å². The third-order valence-corrected chi connectivity index (χ3v) is 4.66. The van der Waals surface area contributed by atoms with Crippen LogP contribution in [-0.2, 0) is 11.0 Å². The highest BCUT2D eigenvalue weighted by atomic mass is 19.4. The van der Waals surface area contributed by atoms with E-state index in [1.807, 2.05) is 25.7 Å². The predicted molar refractivity (Wildman–Crippen MR) is 108 cm³/mol. The molecule has 2 heterocycles. The molecule has 7 nitrogen and oxygen atoms in total. The monoisotopic (exact) mass is 429 g/mol. The van der Waals surface area contributed by atoms with Gasteiger partial charge < -0.3 is 20.3 Å². The van der Waals surface area contributed by atoms with E-state index in [2.05, 4.69) is 20.6 Å². The molecule has 1 aromatic heterocycles. The molecular weight excluding hydrogens is 399 g/mol. The Morgan fingerprint density at radius 2 is 2.07 bits per heavy atom. The van der Waals surface area contributed by atoms with Crippen molar-refractivity contribution in [2.45, 2.75) is 45.8 Å². The van der Waals surface area contributed by atoms with Gasteiger partial charge in [0.2, 0.25) is 11.8 Å². The van der Waals surface area contributed by atoms with Crippen molar-refractivity contribution in [1.29, 1.82) is 0 Å². The molecule has 1 fully saturated rings. The first-order valence-corrected chi connectivity index (χ1v) is 10.2. The molecular formula is C20H30F3N5O2. The predicted octanol–water partition coefficient (Wildman–Crippen LogP) is 2.68. The largest absolute Gasteiger partial charge is 0.475 e. The second-order valence-electron chi connectivity index (χ2n) is 7.36. The first-order valence-electron chi connectivity index (χ1n) is 10.2. The summed E-state index contributed by atoms with van der Waals surface area (Å²) in [7, 11) is 0. The van der Waals surface area contributed by atoms with Gasteiger partial charge in [0.05, 0.1) is 6.54 Å². The van der Waals surface area contributed by atoms with Crippen molar-refractivity contribution in [2.24, 2.45) is 10.9 Å². The number of hydrogen-bond acceptors (Lipinski definition) is 4. The van der Waals surface area contributed by atoms with Crippen molar-refractivity contribution in [1.82, 2.24) is 20.5 Å². The quantitative estimate of drug-likeness (QED) is 0.396. The average Bonchev–Trinajstić information content (AvgIpc) is 2.71. The van der Waals surface area contributed by atoms with Crippen LogP contribution in [0.1, 0.15) is 39.2 Å². The maximum absolute atomic E-state index is 13.0. The topological polar surface area (TPSA) is 78.9 Å². The Morgan fingerprint density at radius 1 is 1.37 bits per heavy atom. The molecule has 0 saturated carbocycles. The fraction of sp³-hybridized carbons (Fsp3) is 0.650. The molecule has 2 rings (SSSR count). The second kappa shape index (κ2) is 11.0. The van der Waals surface area contributed by atoms with Crippen molar-refractivity contribution >= 4 is 11.9 Å². The van der Waals surface area contributed by atoms with E-state index in [1.54, 1.807) is 0 Å². The van der Waals surface area contributed by atoms with Gasteiger partial charge in [0.25, 0.3) is 0 Å². The highest BCUT2D eigenvalue weighted by molar-refractivity contribution is 5.80. The van der Waals surface area contributed by atoms with E-state index in [4.69, 9.17) is 4.74 Å².